The Hall–Kier alpha value is -3.48. The van der Waals surface area contributed by atoms with Crippen LogP contribution in [-0.2, 0) is 11.2 Å². The van der Waals surface area contributed by atoms with Gasteiger partial charge in [0.1, 0.15) is 24.5 Å². The van der Waals surface area contributed by atoms with Gasteiger partial charge in [-0.05, 0) is 55.9 Å². The molecule has 2 aromatic heterocycles. The standard InChI is InChI=1S/C29H35FN4O2/c1-20-5-7-23(17-26(20)30)36-16-12-31-22-6-8-27(33-18-22)25-19-32-21(2)24(9-15-35)28(25)34-13-10-29(3,4)11-14-34/h5-8,15,17-19,31H,9-14,16H2,1-4H3. The molecule has 0 saturated carbocycles. The molecule has 1 fully saturated rings. The highest BCUT2D eigenvalue weighted by Crippen LogP contribution is 2.39. The average molecular weight is 491 g/mol. The Bertz CT molecular complexity index is 1200. The Balaban J connectivity index is 1.47. The average Bonchev–Trinajstić information content (AvgIpc) is 2.86. The lowest BCUT2D eigenvalue weighted by molar-refractivity contribution is -0.107. The van der Waals surface area contributed by atoms with Crippen LogP contribution in [0.3, 0.4) is 0 Å². The predicted octanol–water partition coefficient (Wildman–Crippen LogP) is 5.76. The number of piperidine rings is 1. The van der Waals surface area contributed by atoms with Crippen molar-refractivity contribution in [3.05, 3.63) is 65.4 Å². The van der Waals surface area contributed by atoms with Gasteiger partial charge in [-0.15, -0.1) is 0 Å². The summed E-state index contributed by atoms with van der Waals surface area (Å²) < 4.78 is 19.3. The van der Waals surface area contributed by atoms with Crippen molar-refractivity contribution in [2.24, 2.45) is 5.41 Å². The fourth-order valence-electron chi connectivity index (χ4n) is 4.53. The first-order valence-electron chi connectivity index (χ1n) is 12.5. The maximum Gasteiger partial charge on any atom is 0.129 e. The summed E-state index contributed by atoms with van der Waals surface area (Å²) in [7, 11) is 0. The lowest BCUT2D eigenvalue weighted by Crippen LogP contribution is -2.38. The Morgan fingerprint density at radius 3 is 2.56 bits per heavy atom. The van der Waals surface area contributed by atoms with Gasteiger partial charge >= 0.3 is 0 Å². The topological polar surface area (TPSA) is 67.3 Å². The molecule has 4 rings (SSSR count). The molecule has 190 valence electrons. The highest BCUT2D eigenvalue weighted by atomic mass is 19.1. The molecule has 1 aromatic carbocycles. The van der Waals surface area contributed by atoms with Crippen LogP contribution < -0.4 is 15.0 Å². The molecule has 1 aliphatic heterocycles. The van der Waals surface area contributed by atoms with E-state index in [-0.39, 0.29) is 5.82 Å². The number of anilines is 2. The van der Waals surface area contributed by atoms with Crippen LogP contribution in [-0.4, -0.2) is 42.5 Å². The molecule has 0 amide bonds. The van der Waals surface area contributed by atoms with E-state index in [9.17, 15) is 9.18 Å². The number of ether oxygens (including phenoxy) is 1. The van der Waals surface area contributed by atoms with Crippen LogP contribution in [0.4, 0.5) is 15.8 Å². The molecular weight excluding hydrogens is 455 g/mol. The highest BCUT2D eigenvalue weighted by molar-refractivity contribution is 5.81. The first kappa shape index (κ1) is 25.6. The van der Waals surface area contributed by atoms with E-state index in [0.29, 0.717) is 36.3 Å². The second kappa shape index (κ2) is 11.1. The van der Waals surface area contributed by atoms with Crippen molar-refractivity contribution in [3.8, 4) is 17.0 Å². The van der Waals surface area contributed by atoms with Gasteiger partial charge < -0.3 is 19.7 Å². The minimum atomic E-state index is -0.269. The summed E-state index contributed by atoms with van der Waals surface area (Å²) in [4.78, 5) is 23.2. The zero-order valence-corrected chi connectivity index (χ0v) is 21.6. The number of hydrogen-bond acceptors (Lipinski definition) is 6. The van der Waals surface area contributed by atoms with Gasteiger partial charge in [-0.25, -0.2) is 4.39 Å². The molecule has 1 N–H and O–H groups in total. The second-order valence-corrected chi connectivity index (χ2v) is 10.2. The summed E-state index contributed by atoms with van der Waals surface area (Å²) in [5.74, 6) is 0.245. The Morgan fingerprint density at radius 1 is 1.11 bits per heavy atom. The molecule has 1 saturated heterocycles. The van der Waals surface area contributed by atoms with Crippen molar-refractivity contribution < 1.29 is 13.9 Å². The third-order valence-corrected chi connectivity index (χ3v) is 6.97. The van der Waals surface area contributed by atoms with Crippen LogP contribution in [0, 0.1) is 25.1 Å². The minimum Gasteiger partial charge on any atom is -0.492 e. The number of aryl methyl sites for hydroxylation is 2. The van der Waals surface area contributed by atoms with Gasteiger partial charge in [-0.1, -0.05) is 19.9 Å². The molecule has 3 heterocycles. The SMILES string of the molecule is Cc1ccc(OCCNc2ccc(-c3cnc(C)c(CC=O)c3N3CCC(C)(C)CC3)nc2)cc1F. The van der Waals surface area contributed by atoms with Crippen LogP contribution in [0.5, 0.6) is 5.75 Å². The van der Waals surface area contributed by atoms with Crippen LogP contribution in [0.15, 0.2) is 42.7 Å². The molecule has 0 aliphatic carbocycles. The van der Waals surface area contributed by atoms with Gasteiger partial charge in [-0.3, -0.25) is 9.97 Å². The Morgan fingerprint density at radius 2 is 1.89 bits per heavy atom. The predicted molar refractivity (Wildman–Crippen MR) is 142 cm³/mol. The summed E-state index contributed by atoms with van der Waals surface area (Å²) in [5.41, 5.74) is 6.52. The summed E-state index contributed by atoms with van der Waals surface area (Å²) in [6.07, 6.45) is 7.17. The number of aromatic nitrogens is 2. The number of benzene rings is 1. The van der Waals surface area contributed by atoms with E-state index in [1.165, 1.54) is 6.07 Å². The van der Waals surface area contributed by atoms with Crippen molar-refractivity contribution >= 4 is 17.7 Å². The molecule has 0 bridgehead atoms. The number of carbonyl (C=O) groups excluding carboxylic acids is 1. The van der Waals surface area contributed by atoms with Crippen molar-refractivity contribution in [1.82, 2.24) is 9.97 Å². The lowest BCUT2D eigenvalue weighted by atomic mass is 9.82. The monoisotopic (exact) mass is 490 g/mol. The van der Waals surface area contributed by atoms with E-state index in [1.54, 1.807) is 25.3 Å². The van der Waals surface area contributed by atoms with Crippen LogP contribution in [0.1, 0.15) is 43.5 Å². The molecule has 3 aromatic rings. The summed E-state index contributed by atoms with van der Waals surface area (Å²) in [5, 5.41) is 3.29. The normalized spacial score (nSPS) is 15.0. The fourth-order valence-corrected chi connectivity index (χ4v) is 4.53. The van der Waals surface area contributed by atoms with Gasteiger partial charge in [0.25, 0.3) is 0 Å². The second-order valence-electron chi connectivity index (χ2n) is 10.2. The molecule has 6 nitrogen and oxygen atoms in total. The van der Waals surface area contributed by atoms with E-state index in [4.69, 9.17) is 9.72 Å². The van der Waals surface area contributed by atoms with Crippen LogP contribution in [0.25, 0.3) is 11.3 Å². The lowest BCUT2D eigenvalue weighted by Gasteiger charge is -2.40. The van der Waals surface area contributed by atoms with E-state index in [1.807, 2.05) is 25.3 Å². The fraction of sp³-hybridized carbons (Fsp3) is 0.414. The zero-order valence-electron chi connectivity index (χ0n) is 21.6. The first-order valence-corrected chi connectivity index (χ1v) is 12.5. The zero-order chi connectivity index (χ0) is 25.7. The minimum absolute atomic E-state index is 0.269. The third-order valence-electron chi connectivity index (χ3n) is 6.97. The van der Waals surface area contributed by atoms with Gasteiger partial charge in [-0.2, -0.15) is 0 Å². The number of halogens is 1. The van der Waals surface area contributed by atoms with Crippen LogP contribution >= 0.6 is 0 Å². The largest absolute Gasteiger partial charge is 0.492 e. The van der Waals surface area contributed by atoms with E-state index in [0.717, 1.165) is 66.1 Å². The maximum atomic E-state index is 13.7. The molecule has 7 heteroatoms. The Kier molecular flexibility index (Phi) is 7.87. The van der Waals surface area contributed by atoms with Gasteiger partial charge in [0, 0.05) is 55.1 Å². The molecule has 0 atom stereocenters. The van der Waals surface area contributed by atoms with Crippen molar-refractivity contribution in [2.45, 2.75) is 47.0 Å². The number of hydrogen-bond donors (Lipinski definition) is 1. The molecule has 1 aliphatic rings. The van der Waals surface area contributed by atoms with Crippen molar-refractivity contribution in [1.29, 1.82) is 0 Å². The molecule has 36 heavy (non-hydrogen) atoms. The number of aldehydes is 1. The number of carbonyl (C=O) groups is 1. The number of pyridine rings is 2. The van der Waals surface area contributed by atoms with E-state index < -0.39 is 0 Å². The number of nitrogens with one attached hydrogen (secondary N) is 1. The van der Waals surface area contributed by atoms with E-state index in [2.05, 4.69) is 29.0 Å². The van der Waals surface area contributed by atoms with Gasteiger partial charge in [0.15, 0.2) is 0 Å². The summed E-state index contributed by atoms with van der Waals surface area (Å²) in [6.45, 7) is 11.2. The third kappa shape index (κ3) is 6.01. The van der Waals surface area contributed by atoms with Crippen LogP contribution in [0.2, 0.25) is 0 Å². The molecular formula is C29H35FN4O2. The Labute approximate surface area is 212 Å². The molecule has 0 unspecified atom stereocenters. The van der Waals surface area contributed by atoms with Gasteiger partial charge in [0.05, 0.1) is 23.3 Å². The van der Waals surface area contributed by atoms with Crippen molar-refractivity contribution in [2.75, 3.05) is 36.5 Å². The van der Waals surface area contributed by atoms with E-state index >= 15 is 0 Å². The quantitative estimate of drug-likeness (QED) is 0.304. The smallest absolute Gasteiger partial charge is 0.129 e. The van der Waals surface area contributed by atoms with Gasteiger partial charge in [0.2, 0.25) is 0 Å². The summed E-state index contributed by atoms with van der Waals surface area (Å²) >= 11 is 0. The maximum absolute atomic E-state index is 13.7. The first-order chi connectivity index (χ1) is 17.3. The number of rotatable bonds is 9. The molecule has 0 spiro atoms. The number of nitrogens with zero attached hydrogens (tertiary/aromatic N) is 3. The highest BCUT2D eigenvalue weighted by Gasteiger charge is 2.29. The van der Waals surface area contributed by atoms with Crippen molar-refractivity contribution in [3.63, 3.8) is 0 Å². The molecule has 0 radical (unpaired) electrons. The summed E-state index contributed by atoms with van der Waals surface area (Å²) in [6, 6.07) is 8.84.